The second kappa shape index (κ2) is 12.4. The van der Waals surface area contributed by atoms with Crippen molar-refractivity contribution >= 4 is 17.5 Å². The number of nitrogens with one attached hydrogen (secondary N) is 3. The summed E-state index contributed by atoms with van der Waals surface area (Å²) in [7, 11) is 1.59. The summed E-state index contributed by atoms with van der Waals surface area (Å²) < 4.78 is 30.9. The average molecular weight is 563 g/mol. The van der Waals surface area contributed by atoms with Crippen LogP contribution < -0.4 is 15.4 Å². The zero-order chi connectivity index (χ0) is 28.8. The molecule has 0 aliphatic carbocycles. The lowest BCUT2D eigenvalue weighted by atomic mass is 9.91. The molecule has 0 radical (unpaired) electrons. The second-order valence-corrected chi connectivity index (χ2v) is 9.82. The third-order valence-electron chi connectivity index (χ3n) is 6.58. The highest BCUT2D eigenvalue weighted by Crippen LogP contribution is 2.36. The molecule has 0 atom stereocenters. The van der Waals surface area contributed by atoms with E-state index < -0.39 is 11.7 Å². The molecule has 1 aliphatic rings. The number of rotatable bonds is 10. The van der Waals surface area contributed by atoms with Gasteiger partial charge in [-0.3, -0.25) is 4.79 Å². The van der Waals surface area contributed by atoms with E-state index in [1.807, 2.05) is 24.3 Å². The number of aromatic nitrogens is 4. The molecule has 1 aliphatic heterocycles. The van der Waals surface area contributed by atoms with Crippen LogP contribution in [0.4, 0.5) is 16.0 Å². The van der Waals surface area contributed by atoms with Crippen LogP contribution in [-0.4, -0.2) is 64.4 Å². The van der Waals surface area contributed by atoms with E-state index in [1.54, 1.807) is 38.4 Å². The molecule has 11 nitrogen and oxygen atoms in total. The first-order valence-electron chi connectivity index (χ1n) is 13.1. The maximum Gasteiger partial charge on any atom is 0.230 e. The highest BCUT2D eigenvalue weighted by molar-refractivity contribution is 5.82. The van der Waals surface area contributed by atoms with Gasteiger partial charge in [-0.15, -0.1) is 0 Å². The Kier molecular flexibility index (Phi) is 8.53. The minimum absolute atomic E-state index is 0.00578. The SMILES string of the molecule is COc1cccc(Nc2nccc(-c3[nH]c(C4OCC(C)(C(=O)NCCCO)CO4)nc3-c3ccc(F)cc3)n2)c1. The molecule has 0 unspecified atom stereocenters. The minimum Gasteiger partial charge on any atom is -0.497 e. The van der Waals surface area contributed by atoms with E-state index in [-0.39, 0.29) is 31.5 Å². The van der Waals surface area contributed by atoms with Crippen LogP contribution in [0.25, 0.3) is 22.6 Å². The van der Waals surface area contributed by atoms with Crippen molar-refractivity contribution in [1.82, 2.24) is 25.3 Å². The van der Waals surface area contributed by atoms with Crippen molar-refractivity contribution in [1.29, 1.82) is 0 Å². The lowest BCUT2D eigenvalue weighted by molar-refractivity contribution is -0.231. The quantitative estimate of drug-likeness (QED) is 0.211. The molecule has 5 rings (SSSR count). The zero-order valence-corrected chi connectivity index (χ0v) is 22.7. The third kappa shape index (κ3) is 6.51. The Morgan fingerprint density at radius 3 is 2.68 bits per heavy atom. The fraction of sp³-hybridized carbons (Fsp3) is 0.310. The lowest BCUT2D eigenvalue weighted by Gasteiger charge is -2.35. The molecule has 12 heteroatoms. The van der Waals surface area contributed by atoms with E-state index in [4.69, 9.17) is 24.3 Å². The number of carbonyl (C=O) groups is 1. The number of amides is 1. The maximum absolute atomic E-state index is 13.7. The number of H-pyrrole nitrogens is 1. The van der Waals surface area contributed by atoms with Crippen molar-refractivity contribution in [2.45, 2.75) is 19.6 Å². The van der Waals surface area contributed by atoms with Gasteiger partial charge in [-0.25, -0.2) is 19.3 Å². The number of ether oxygens (including phenoxy) is 3. The van der Waals surface area contributed by atoms with Gasteiger partial charge in [-0.05, 0) is 55.8 Å². The van der Waals surface area contributed by atoms with E-state index in [1.165, 1.54) is 12.1 Å². The molecule has 3 heterocycles. The van der Waals surface area contributed by atoms with Crippen molar-refractivity contribution in [2.75, 3.05) is 38.8 Å². The molecule has 1 saturated heterocycles. The first kappa shape index (κ1) is 28.1. The first-order chi connectivity index (χ1) is 19.9. The Morgan fingerprint density at radius 2 is 1.95 bits per heavy atom. The Bertz CT molecular complexity index is 1490. The molecule has 0 bridgehead atoms. The summed E-state index contributed by atoms with van der Waals surface area (Å²) in [4.78, 5) is 29.7. The number of halogens is 1. The van der Waals surface area contributed by atoms with Crippen LogP contribution in [0.2, 0.25) is 0 Å². The monoisotopic (exact) mass is 562 g/mol. The van der Waals surface area contributed by atoms with Gasteiger partial charge in [0, 0.05) is 36.7 Å². The normalized spacial score (nSPS) is 18.6. The maximum atomic E-state index is 13.7. The fourth-order valence-corrected chi connectivity index (χ4v) is 4.29. The summed E-state index contributed by atoms with van der Waals surface area (Å²) in [6.07, 6.45) is 1.22. The number of nitrogens with zero attached hydrogens (tertiary/aromatic N) is 3. The molecule has 214 valence electrons. The number of methoxy groups -OCH3 is 1. The number of aromatic amines is 1. The van der Waals surface area contributed by atoms with E-state index in [0.29, 0.717) is 53.1 Å². The van der Waals surface area contributed by atoms with Gasteiger partial charge in [-0.2, -0.15) is 0 Å². The molecule has 1 amide bonds. The summed E-state index contributed by atoms with van der Waals surface area (Å²) >= 11 is 0. The van der Waals surface area contributed by atoms with Gasteiger partial charge in [0.05, 0.1) is 42.8 Å². The molecule has 2 aromatic carbocycles. The number of benzene rings is 2. The number of hydrogen-bond donors (Lipinski definition) is 4. The lowest BCUT2D eigenvalue weighted by Crippen LogP contribution is -2.48. The Hall–Kier alpha value is -4.39. The zero-order valence-electron chi connectivity index (χ0n) is 22.7. The third-order valence-corrected chi connectivity index (χ3v) is 6.58. The van der Waals surface area contributed by atoms with Crippen molar-refractivity contribution in [3.63, 3.8) is 0 Å². The molecular formula is C29H31FN6O5. The van der Waals surface area contributed by atoms with Crippen molar-refractivity contribution < 1.29 is 28.5 Å². The smallest absolute Gasteiger partial charge is 0.230 e. The molecule has 2 aromatic heterocycles. The largest absolute Gasteiger partial charge is 0.497 e. The Morgan fingerprint density at radius 1 is 1.17 bits per heavy atom. The molecule has 1 fully saturated rings. The van der Waals surface area contributed by atoms with Crippen molar-refractivity contribution in [3.05, 3.63) is 72.4 Å². The van der Waals surface area contributed by atoms with Crippen LogP contribution in [0, 0.1) is 11.2 Å². The predicted molar refractivity (Wildman–Crippen MR) is 149 cm³/mol. The van der Waals surface area contributed by atoms with Crippen LogP contribution in [0.15, 0.2) is 60.8 Å². The van der Waals surface area contributed by atoms with Crippen molar-refractivity contribution in [2.24, 2.45) is 5.41 Å². The summed E-state index contributed by atoms with van der Waals surface area (Å²) in [6, 6.07) is 15.1. The number of imidazole rings is 1. The van der Waals surface area contributed by atoms with E-state index in [0.717, 1.165) is 5.69 Å². The summed E-state index contributed by atoms with van der Waals surface area (Å²) in [6.45, 7) is 2.32. The van der Waals surface area contributed by atoms with Gasteiger partial charge in [-0.1, -0.05) is 6.07 Å². The number of aliphatic hydroxyl groups excluding tert-OH is 1. The highest BCUT2D eigenvalue weighted by atomic mass is 19.1. The van der Waals surface area contributed by atoms with Gasteiger partial charge < -0.3 is 34.9 Å². The van der Waals surface area contributed by atoms with Crippen molar-refractivity contribution in [3.8, 4) is 28.4 Å². The van der Waals surface area contributed by atoms with E-state index in [9.17, 15) is 9.18 Å². The average Bonchev–Trinajstić information content (AvgIpc) is 3.44. The van der Waals surface area contributed by atoms with Gasteiger partial charge in [0.1, 0.15) is 11.6 Å². The highest BCUT2D eigenvalue weighted by Gasteiger charge is 2.40. The second-order valence-electron chi connectivity index (χ2n) is 9.82. The predicted octanol–water partition coefficient (Wildman–Crippen LogP) is 3.98. The van der Waals surface area contributed by atoms with E-state index in [2.05, 4.69) is 25.6 Å². The van der Waals surface area contributed by atoms with Gasteiger partial charge in [0.15, 0.2) is 5.82 Å². The number of anilines is 2. The summed E-state index contributed by atoms with van der Waals surface area (Å²) in [5, 5.41) is 14.9. The van der Waals surface area contributed by atoms with Crippen LogP contribution in [0.1, 0.15) is 25.5 Å². The standard InChI is InChI=1S/C29H31FN6O5/c1-29(27(38)31-12-4-14-37)16-40-26(41-17-29)25-35-23(18-7-9-19(30)10-8-18)24(36-25)22-11-13-32-28(34-22)33-20-5-3-6-21(15-20)39-2/h3,5-11,13,15,26,37H,4,12,14,16-17H2,1-2H3,(H,31,38)(H,35,36)(H,32,33,34). The number of hydrogen-bond acceptors (Lipinski definition) is 9. The van der Waals surface area contributed by atoms with Crippen LogP contribution in [0.3, 0.4) is 0 Å². The molecular weight excluding hydrogens is 531 g/mol. The fourth-order valence-electron chi connectivity index (χ4n) is 4.29. The summed E-state index contributed by atoms with van der Waals surface area (Å²) in [5.41, 5.74) is 2.13. The van der Waals surface area contributed by atoms with Gasteiger partial charge in [0.2, 0.25) is 18.1 Å². The molecule has 4 aromatic rings. The van der Waals surface area contributed by atoms with Gasteiger partial charge >= 0.3 is 0 Å². The van der Waals surface area contributed by atoms with Gasteiger partial charge in [0.25, 0.3) is 0 Å². The Balaban J connectivity index is 1.41. The van der Waals surface area contributed by atoms with Crippen LogP contribution >= 0.6 is 0 Å². The molecule has 41 heavy (non-hydrogen) atoms. The summed E-state index contributed by atoms with van der Waals surface area (Å²) in [5.74, 6) is 0.837. The van der Waals surface area contributed by atoms with Crippen LogP contribution in [0.5, 0.6) is 5.75 Å². The topological polar surface area (TPSA) is 144 Å². The van der Waals surface area contributed by atoms with Crippen LogP contribution in [-0.2, 0) is 14.3 Å². The van der Waals surface area contributed by atoms with E-state index >= 15 is 0 Å². The number of carbonyl (C=O) groups excluding carboxylic acids is 1. The molecule has 4 N–H and O–H groups in total. The minimum atomic E-state index is -0.894. The molecule has 0 spiro atoms. The molecule has 0 saturated carbocycles. The first-order valence-corrected chi connectivity index (χ1v) is 13.1. The Labute approximate surface area is 236 Å². The number of aliphatic hydroxyl groups is 1.